The molecule has 0 saturated carbocycles. The summed E-state index contributed by atoms with van der Waals surface area (Å²) in [5, 5.41) is 6.75. The third-order valence-electron chi connectivity index (χ3n) is 1.48. The van der Waals surface area contributed by atoms with Crippen molar-refractivity contribution in [2.75, 3.05) is 6.54 Å². The smallest absolute Gasteiger partial charge is 0.0788 e. The fourth-order valence-electron chi connectivity index (χ4n) is 0.973. The zero-order chi connectivity index (χ0) is 6.10. The number of aromatic nitrogens is 2. The zero-order valence-electron chi connectivity index (χ0n) is 4.96. The van der Waals surface area contributed by atoms with E-state index in [1.54, 1.807) is 0 Å². The Balaban J connectivity index is 2.53. The number of rotatable bonds is 0. The molecule has 1 N–H and O–H groups in total. The molecule has 0 unspecified atom stereocenters. The first-order valence-electron chi connectivity index (χ1n) is 2.99. The molecule has 0 amide bonds. The summed E-state index contributed by atoms with van der Waals surface area (Å²) < 4.78 is 0. The molecule has 9 heavy (non-hydrogen) atoms. The molecule has 1 aliphatic heterocycles. The third-order valence-corrected chi connectivity index (χ3v) is 1.48. The maximum absolute atomic E-state index is 4.09. The number of aliphatic imine (C=N–C) groups is 1. The van der Waals surface area contributed by atoms with Crippen molar-refractivity contribution in [1.82, 2.24) is 10.2 Å². The molecule has 1 aliphatic rings. The molecule has 0 saturated heterocycles. The fraction of sp³-hybridized carbons (Fsp3) is 0.333. The SMILES string of the molecule is C1=NCCc2cn[nH]c21. The normalized spacial score (nSPS) is 15.6. The Bertz CT molecular complexity index is 236. The topological polar surface area (TPSA) is 41.0 Å². The van der Waals surface area contributed by atoms with Crippen molar-refractivity contribution in [3.63, 3.8) is 0 Å². The first-order valence-corrected chi connectivity index (χ1v) is 2.99. The molecule has 0 aliphatic carbocycles. The summed E-state index contributed by atoms with van der Waals surface area (Å²) in [4.78, 5) is 4.09. The second-order valence-corrected chi connectivity index (χ2v) is 2.09. The highest BCUT2D eigenvalue weighted by Crippen LogP contribution is 2.06. The van der Waals surface area contributed by atoms with Crippen LogP contribution in [0.25, 0.3) is 0 Å². The average molecular weight is 121 g/mol. The Morgan fingerprint density at radius 3 is 3.44 bits per heavy atom. The number of nitrogens with zero attached hydrogens (tertiary/aromatic N) is 2. The van der Waals surface area contributed by atoms with E-state index in [0.29, 0.717) is 0 Å². The van der Waals surface area contributed by atoms with E-state index in [1.807, 2.05) is 12.4 Å². The van der Waals surface area contributed by atoms with Gasteiger partial charge in [0, 0.05) is 18.3 Å². The first kappa shape index (κ1) is 4.73. The van der Waals surface area contributed by atoms with E-state index in [2.05, 4.69) is 15.2 Å². The third kappa shape index (κ3) is 0.650. The fourth-order valence-corrected chi connectivity index (χ4v) is 0.973. The molecular formula is C6H7N3. The van der Waals surface area contributed by atoms with Gasteiger partial charge in [0.25, 0.3) is 0 Å². The van der Waals surface area contributed by atoms with Crippen LogP contribution in [0.3, 0.4) is 0 Å². The molecule has 0 spiro atoms. The van der Waals surface area contributed by atoms with Gasteiger partial charge in [-0.05, 0) is 6.42 Å². The lowest BCUT2D eigenvalue weighted by molar-refractivity contribution is 0.951. The van der Waals surface area contributed by atoms with Gasteiger partial charge >= 0.3 is 0 Å². The maximum atomic E-state index is 4.09. The van der Waals surface area contributed by atoms with Gasteiger partial charge in [-0.25, -0.2) is 0 Å². The maximum Gasteiger partial charge on any atom is 0.0788 e. The minimum atomic E-state index is 0.909. The molecule has 0 radical (unpaired) electrons. The molecule has 0 aromatic carbocycles. The molecule has 0 fully saturated rings. The minimum Gasteiger partial charge on any atom is -0.291 e. The Labute approximate surface area is 52.8 Å². The highest BCUT2D eigenvalue weighted by atomic mass is 15.1. The molecule has 3 nitrogen and oxygen atoms in total. The van der Waals surface area contributed by atoms with Gasteiger partial charge < -0.3 is 0 Å². The van der Waals surface area contributed by atoms with Crippen molar-refractivity contribution in [3.05, 3.63) is 17.5 Å². The Hall–Kier alpha value is -1.12. The summed E-state index contributed by atoms with van der Waals surface area (Å²) in [5.41, 5.74) is 2.35. The van der Waals surface area contributed by atoms with E-state index >= 15 is 0 Å². The summed E-state index contributed by atoms with van der Waals surface area (Å²) >= 11 is 0. The van der Waals surface area contributed by atoms with E-state index in [9.17, 15) is 0 Å². The van der Waals surface area contributed by atoms with Crippen LogP contribution in [-0.2, 0) is 6.42 Å². The summed E-state index contributed by atoms with van der Waals surface area (Å²) in [6.45, 7) is 0.909. The second-order valence-electron chi connectivity index (χ2n) is 2.09. The second kappa shape index (κ2) is 1.69. The molecule has 1 aromatic heterocycles. The van der Waals surface area contributed by atoms with Crippen molar-refractivity contribution >= 4 is 6.21 Å². The number of nitrogens with one attached hydrogen (secondary N) is 1. The molecule has 0 bridgehead atoms. The summed E-state index contributed by atoms with van der Waals surface area (Å²) in [7, 11) is 0. The molecule has 2 rings (SSSR count). The van der Waals surface area contributed by atoms with Crippen LogP contribution in [0.4, 0.5) is 0 Å². The summed E-state index contributed by atoms with van der Waals surface area (Å²) in [6, 6.07) is 0. The van der Waals surface area contributed by atoms with Gasteiger partial charge in [0.1, 0.15) is 0 Å². The van der Waals surface area contributed by atoms with E-state index in [0.717, 1.165) is 18.7 Å². The molecule has 2 heterocycles. The van der Waals surface area contributed by atoms with Gasteiger partial charge in [0.05, 0.1) is 11.9 Å². The lowest BCUT2D eigenvalue weighted by Crippen LogP contribution is -1.99. The Morgan fingerprint density at radius 2 is 2.56 bits per heavy atom. The Kier molecular flexibility index (Phi) is 0.886. The van der Waals surface area contributed by atoms with Crippen LogP contribution in [0.5, 0.6) is 0 Å². The lowest BCUT2D eigenvalue weighted by Gasteiger charge is -1.99. The molecule has 3 heteroatoms. The highest BCUT2D eigenvalue weighted by molar-refractivity contribution is 5.79. The van der Waals surface area contributed by atoms with Crippen molar-refractivity contribution in [1.29, 1.82) is 0 Å². The van der Waals surface area contributed by atoms with Gasteiger partial charge in [0.2, 0.25) is 0 Å². The predicted molar refractivity (Wildman–Crippen MR) is 34.8 cm³/mol. The van der Waals surface area contributed by atoms with Crippen molar-refractivity contribution in [3.8, 4) is 0 Å². The zero-order valence-corrected chi connectivity index (χ0v) is 4.96. The van der Waals surface area contributed by atoms with E-state index < -0.39 is 0 Å². The molecule has 46 valence electrons. The summed E-state index contributed by atoms with van der Waals surface area (Å²) in [5.74, 6) is 0. The number of hydrogen-bond donors (Lipinski definition) is 1. The van der Waals surface area contributed by atoms with Crippen LogP contribution >= 0.6 is 0 Å². The quantitative estimate of drug-likeness (QED) is 0.529. The van der Waals surface area contributed by atoms with Gasteiger partial charge in [0.15, 0.2) is 0 Å². The minimum absolute atomic E-state index is 0.909. The molecule has 1 aromatic rings. The summed E-state index contributed by atoms with van der Waals surface area (Å²) in [6.07, 6.45) is 4.73. The van der Waals surface area contributed by atoms with Crippen LogP contribution in [0.2, 0.25) is 0 Å². The number of aromatic amines is 1. The highest BCUT2D eigenvalue weighted by Gasteiger charge is 2.04. The molecule has 0 atom stereocenters. The van der Waals surface area contributed by atoms with E-state index in [-0.39, 0.29) is 0 Å². The van der Waals surface area contributed by atoms with Gasteiger partial charge in [-0.3, -0.25) is 10.1 Å². The van der Waals surface area contributed by atoms with Crippen LogP contribution in [0.15, 0.2) is 11.2 Å². The van der Waals surface area contributed by atoms with Gasteiger partial charge in [-0.15, -0.1) is 0 Å². The van der Waals surface area contributed by atoms with Crippen molar-refractivity contribution in [2.24, 2.45) is 4.99 Å². The lowest BCUT2D eigenvalue weighted by atomic mass is 10.1. The Morgan fingerprint density at radius 1 is 1.56 bits per heavy atom. The number of H-pyrrole nitrogens is 1. The van der Waals surface area contributed by atoms with Crippen LogP contribution < -0.4 is 0 Å². The van der Waals surface area contributed by atoms with Gasteiger partial charge in [-0.2, -0.15) is 5.10 Å². The number of fused-ring (bicyclic) bond motifs is 1. The predicted octanol–water partition coefficient (Wildman–Crippen LogP) is 0.385. The molecular weight excluding hydrogens is 114 g/mol. The average Bonchev–Trinajstić information content (AvgIpc) is 2.33. The van der Waals surface area contributed by atoms with Crippen LogP contribution in [0, 0.1) is 0 Å². The number of hydrogen-bond acceptors (Lipinski definition) is 2. The van der Waals surface area contributed by atoms with Crippen LogP contribution in [-0.4, -0.2) is 23.0 Å². The van der Waals surface area contributed by atoms with Crippen LogP contribution in [0.1, 0.15) is 11.3 Å². The monoisotopic (exact) mass is 121 g/mol. The van der Waals surface area contributed by atoms with E-state index in [4.69, 9.17) is 0 Å². The van der Waals surface area contributed by atoms with Gasteiger partial charge in [-0.1, -0.05) is 0 Å². The van der Waals surface area contributed by atoms with Crippen molar-refractivity contribution < 1.29 is 0 Å². The first-order chi connectivity index (χ1) is 4.47. The van der Waals surface area contributed by atoms with E-state index in [1.165, 1.54) is 5.56 Å². The standard InChI is InChI=1S/C6H7N3/c1-2-7-4-6-5(1)3-8-9-6/h3-4H,1-2H2,(H,8,9). The van der Waals surface area contributed by atoms with Crippen molar-refractivity contribution in [2.45, 2.75) is 6.42 Å². The largest absolute Gasteiger partial charge is 0.291 e.